The van der Waals surface area contributed by atoms with Crippen LogP contribution in [0.25, 0.3) is 0 Å². The largest absolute Gasteiger partial charge is 0.365 e. The number of rotatable bonds is 4. The Morgan fingerprint density at radius 2 is 1.69 bits per heavy atom. The predicted octanol–water partition coefficient (Wildman–Crippen LogP) is 3.17. The molecule has 0 saturated heterocycles. The maximum absolute atomic E-state index is 4.11. The van der Waals surface area contributed by atoms with Gasteiger partial charge in [0, 0.05) is 27.2 Å². The minimum Gasteiger partial charge on any atom is -0.365 e. The van der Waals surface area contributed by atoms with Crippen LogP contribution in [0.3, 0.4) is 0 Å². The SMILES string of the molecule is C=C(N(C)C)N(C)C1CC(CC(C)(C)C)C1. The quantitative estimate of drug-likeness (QED) is 0.724. The van der Waals surface area contributed by atoms with E-state index >= 15 is 0 Å². The second kappa shape index (κ2) is 4.68. The molecule has 0 N–H and O–H groups in total. The summed E-state index contributed by atoms with van der Waals surface area (Å²) in [6.07, 6.45) is 4.02. The molecule has 0 bridgehead atoms. The van der Waals surface area contributed by atoms with E-state index in [4.69, 9.17) is 0 Å². The molecule has 0 aromatic carbocycles. The zero-order valence-electron chi connectivity index (χ0n) is 11.9. The van der Waals surface area contributed by atoms with Gasteiger partial charge < -0.3 is 9.80 Å². The molecule has 0 atom stereocenters. The highest BCUT2D eigenvalue weighted by molar-refractivity contribution is 4.98. The van der Waals surface area contributed by atoms with Crippen molar-refractivity contribution in [1.29, 1.82) is 0 Å². The van der Waals surface area contributed by atoms with Crippen molar-refractivity contribution in [2.24, 2.45) is 11.3 Å². The molecule has 0 unspecified atom stereocenters. The molecule has 0 aromatic rings. The van der Waals surface area contributed by atoms with E-state index in [-0.39, 0.29) is 0 Å². The molecule has 2 nitrogen and oxygen atoms in total. The van der Waals surface area contributed by atoms with E-state index in [0.29, 0.717) is 11.5 Å². The number of hydrogen-bond acceptors (Lipinski definition) is 2. The average Bonchev–Trinajstić information content (AvgIpc) is 2.06. The van der Waals surface area contributed by atoms with Gasteiger partial charge in [0.25, 0.3) is 0 Å². The van der Waals surface area contributed by atoms with Gasteiger partial charge in [-0.15, -0.1) is 0 Å². The Balaban J connectivity index is 2.33. The van der Waals surface area contributed by atoms with Crippen LogP contribution in [-0.4, -0.2) is 37.0 Å². The molecule has 1 aliphatic rings. The van der Waals surface area contributed by atoms with E-state index in [0.717, 1.165) is 11.7 Å². The maximum Gasteiger partial charge on any atom is 0.0959 e. The van der Waals surface area contributed by atoms with Crippen molar-refractivity contribution in [1.82, 2.24) is 9.80 Å². The number of nitrogens with zero attached hydrogens (tertiary/aromatic N) is 2. The molecule has 0 spiro atoms. The highest BCUT2D eigenvalue weighted by Gasteiger charge is 2.34. The van der Waals surface area contributed by atoms with Crippen molar-refractivity contribution in [3.05, 3.63) is 12.4 Å². The smallest absolute Gasteiger partial charge is 0.0959 e. The minimum absolute atomic E-state index is 0.479. The minimum atomic E-state index is 0.479. The molecule has 0 aromatic heterocycles. The fourth-order valence-corrected chi connectivity index (χ4v) is 2.58. The number of hydrogen-bond donors (Lipinski definition) is 0. The fourth-order valence-electron chi connectivity index (χ4n) is 2.58. The summed E-state index contributed by atoms with van der Waals surface area (Å²) in [6.45, 7) is 11.1. The highest BCUT2D eigenvalue weighted by atomic mass is 15.3. The normalized spacial score (nSPS) is 24.9. The van der Waals surface area contributed by atoms with Gasteiger partial charge in [0.1, 0.15) is 0 Å². The molecule has 0 aliphatic heterocycles. The van der Waals surface area contributed by atoms with Gasteiger partial charge in [-0.25, -0.2) is 0 Å². The molecule has 0 amide bonds. The first kappa shape index (κ1) is 13.4. The Bertz CT molecular complexity index is 244. The van der Waals surface area contributed by atoms with Crippen LogP contribution in [-0.2, 0) is 0 Å². The van der Waals surface area contributed by atoms with E-state index < -0.39 is 0 Å². The second-order valence-electron chi connectivity index (χ2n) is 6.68. The first-order chi connectivity index (χ1) is 7.20. The summed E-state index contributed by atoms with van der Waals surface area (Å²) in [7, 11) is 6.29. The molecule has 0 heterocycles. The summed E-state index contributed by atoms with van der Waals surface area (Å²) in [5.41, 5.74) is 0.479. The predicted molar refractivity (Wildman–Crippen MR) is 71.2 cm³/mol. The molecule has 1 aliphatic carbocycles. The van der Waals surface area contributed by atoms with Crippen molar-refractivity contribution in [3.8, 4) is 0 Å². The van der Waals surface area contributed by atoms with Gasteiger partial charge in [-0.05, 0) is 30.6 Å². The first-order valence-corrected chi connectivity index (χ1v) is 6.30. The van der Waals surface area contributed by atoms with Crippen LogP contribution in [0.5, 0.6) is 0 Å². The monoisotopic (exact) mass is 224 g/mol. The van der Waals surface area contributed by atoms with Crippen LogP contribution in [0, 0.1) is 11.3 Å². The lowest BCUT2D eigenvalue weighted by Crippen LogP contribution is -2.45. The zero-order chi connectivity index (χ0) is 12.5. The van der Waals surface area contributed by atoms with Crippen LogP contribution in [0.15, 0.2) is 12.4 Å². The summed E-state index contributed by atoms with van der Waals surface area (Å²) in [4.78, 5) is 4.43. The molecule has 0 radical (unpaired) electrons. The molecular formula is C14H28N2. The van der Waals surface area contributed by atoms with Crippen molar-refractivity contribution < 1.29 is 0 Å². The first-order valence-electron chi connectivity index (χ1n) is 6.30. The second-order valence-corrected chi connectivity index (χ2v) is 6.68. The molecule has 1 saturated carbocycles. The van der Waals surface area contributed by atoms with Crippen molar-refractivity contribution >= 4 is 0 Å². The summed E-state index contributed by atoms with van der Waals surface area (Å²) in [5, 5.41) is 0. The summed E-state index contributed by atoms with van der Waals surface area (Å²) in [5.74, 6) is 2.04. The van der Waals surface area contributed by atoms with Gasteiger partial charge >= 0.3 is 0 Å². The molecule has 94 valence electrons. The lowest BCUT2D eigenvalue weighted by atomic mass is 9.71. The van der Waals surface area contributed by atoms with E-state index in [1.807, 2.05) is 0 Å². The summed E-state index contributed by atoms with van der Waals surface area (Å²) < 4.78 is 0. The molecular weight excluding hydrogens is 196 g/mol. The van der Waals surface area contributed by atoms with Crippen LogP contribution in [0.2, 0.25) is 0 Å². The Labute approximate surface area is 101 Å². The van der Waals surface area contributed by atoms with E-state index in [1.54, 1.807) is 0 Å². The van der Waals surface area contributed by atoms with Gasteiger partial charge in [-0.2, -0.15) is 0 Å². The molecule has 16 heavy (non-hydrogen) atoms. The summed E-state index contributed by atoms with van der Waals surface area (Å²) in [6, 6.07) is 0.710. The Hall–Kier alpha value is -0.660. The van der Waals surface area contributed by atoms with Gasteiger partial charge in [0.15, 0.2) is 0 Å². The maximum atomic E-state index is 4.11. The van der Waals surface area contributed by atoms with Crippen LogP contribution >= 0.6 is 0 Å². The molecule has 1 fully saturated rings. The molecule has 2 heteroatoms. The summed E-state index contributed by atoms with van der Waals surface area (Å²) >= 11 is 0. The fraction of sp³-hybridized carbons (Fsp3) is 0.857. The topological polar surface area (TPSA) is 6.48 Å². The Kier molecular flexibility index (Phi) is 3.92. The van der Waals surface area contributed by atoms with Gasteiger partial charge in [-0.1, -0.05) is 27.4 Å². The Morgan fingerprint density at radius 1 is 1.19 bits per heavy atom. The lowest BCUT2D eigenvalue weighted by molar-refractivity contribution is 0.0800. The van der Waals surface area contributed by atoms with Gasteiger partial charge in [0.05, 0.1) is 5.82 Å². The van der Waals surface area contributed by atoms with Crippen molar-refractivity contribution in [2.45, 2.75) is 46.1 Å². The van der Waals surface area contributed by atoms with Gasteiger partial charge in [-0.3, -0.25) is 0 Å². The third-order valence-electron chi connectivity index (χ3n) is 3.58. The van der Waals surface area contributed by atoms with Gasteiger partial charge in [0.2, 0.25) is 0 Å². The molecule has 1 rings (SSSR count). The van der Waals surface area contributed by atoms with Crippen molar-refractivity contribution in [3.63, 3.8) is 0 Å². The van der Waals surface area contributed by atoms with Crippen LogP contribution < -0.4 is 0 Å². The lowest BCUT2D eigenvalue weighted by Gasteiger charge is -2.46. The van der Waals surface area contributed by atoms with Crippen molar-refractivity contribution in [2.75, 3.05) is 21.1 Å². The van der Waals surface area contributed by atoms with E-state index in [9.17, 15) is 0 Å². The third-order valence-corrected chi connectivity index (χ3v) is 3.58. The highest BCUT2D eigenvalue weighted by Crippen LogP contribution is 2.40. The average molecular weight is 224 g/mol. The zero-order valence-corrected chi connectivity index (χ0v) is 11.9. The van der Waals surface area contributed by atoms with Crippen LogP contribution in [0.1, 0.15) is 40.0 Å². The Morgan fingerprint density at radius 3 is 2.06 bits per heavy atom. The van der Waals surface area contributed by atoms with E-state index in [1.165, 1.54) is 19.3 Å². The van der Waals surface area contributed by atoms with E-state index in [2.05, 4.69) is 58.3 Å². The third kappa shape index (κ3) is 3.43. The van der Waals surface area contributed by atoms with Crippen LogP contribution in [0.4, 0.5) is 0 Å². The standard InChI is InChI=1S/C14H28N2/c1-11(15(5)6)16(7)13-8-12(9-13)10-14(2,3)4/h12-13H,1,8-10H2,2-7H3.